The highest BCUT2D eigenvalue weighted by molar-refractivity contribution is 7.85. The first-order valence-corrected chi connectivity index (χ1v) is 9.62. The molecule has 1 atom stereocenters. The summed E-state index contributed by atoms with van der Waals surface area (Å²) in [5.41, 5.74) is 0. The molecule has 0 aliphatic rings. The fraction of sp³-hybridized carbons (Fsp3) is 1.00. The molecule has 0 spiro atoms. The largest absolute Gasteiger partial charge is 0.748 e. The molecule has 0 saturated heterocycles. The van der Waals surface area contributed by atoms with Gasteiger partial charge in [0.05, 0.1) is 16.2 Å². The van der Waals surface area contributed by atoms with Crippen LogP contribution in [0.25, 0.3) is 0 Å². The third-order valence-electron chi connectivity index (χ3n) is 3.36. The Morgan fingerprint density at radius 1 is 0.905 bits per heavy atom. The minimum Gasteiger partial charge on any atom is -0.748 e. The number of ether oxygens (including phenoxy) is 1. The summed E-state index contributed by atoms with van der Waals surface area (Å²) in [7, 11) is -4.06. The highest BCUT2D eigenvalue weighted by Gasteiger charge is 2.09. The molecule has 0 radical (unpaired) electrons. The van der Waals surface area contributed by atoms with Gasteiger partial charge in [-0.3, -0.25) is 0 Å². The summed E-state index contributed by atoms with van der Waals surface area (Å²) in [4.78, 5) is 0. The van der Waals surface area contributed by atoms with Crippen molar-refractivity contribution in [2.45, 2.75) is 84.2 Å². The normalized spacial score (nSPS) is 12.9. The maximum Gasteiger partial charge on any atom is 0.0945 e. The molecule has 0 aliphatic carbocycles. The van der Waals surface area contributed by atoms with Gasteiger partial charge in [-0.15, -0.1) is 0 Å². The van der Waals surface area contributed by atoms with Gasteiger partial charge in [-0.2, -0.15) is 0 Å². The lowest BCUT2D eigenvalue weighted by Gasteiger charge is -2.18. The van der Waals surface area contributed by atoms with E-state index in [2.05, 4.69) is 13.8 Å². The Bertz CT molecular complexity index is 307. The van der Waals surface area contributed by atoms with Crippen LogP contribution in [-0.4, -0.2) is 31.4 Å². The summed E-state index contributed by atoms with van der Waals surface area (Å²) in [6, 6.07) is 0. The van der Waals surface area contributed by atoms with E-state index >= 15 is 0 Å². The van der Waals surface area contributed by atoms with Crippen LogP contribution in [-0.2, 0) is 14.9 Å². The maximum atomic E-state index is 10.5. The second-order valence-electron chi connectivity index (χ2n) is 5.45. The van der Waals surface area contributed by atoms with Crippen molar-refractivity contribution in [1.29, 1.82) is 0 Å². The summed E-state index contributed by atoms with van der Waals surface area (Å²) in [6.07, 6.45) is 10.6. The first-order chi connectivity index (χ1) is 9.49. The van der Waals surface area contributed by atoms with E-state index in [0.29, 0.717) is 6.42 Å². The predicted octanol–water partition coefficient (Wildman–Crippen LogP) is 4.23. The van der Waals surface area contributed by atoms with Crippen molar-refractivity contribution < 1.29 is 17.7 Å². The first-order valence-electron chi connectivity index (χ1n) is 8.04. The van der Waals surface area contributed by atoms with Crippen molar-refractivity contribution in [3.63, 3.8) is 0 Å². The van der Waals surface area contributed by atoms with E-state index in [-0.39, 0.29) is 18.0 Å². The fourth-order valence-corrected chi connectivity index (χ4v) is 2.78. The Morgan fingerprint density at radius 2 is 1.48 bits per heavy atom. The van der Waals surface area contributed by atoms with Crippen LogP contribution in [0, 0.1) is 0 Å². The van der Waals surface area contributed by atoms with Crippen molar-refractivity contribution >= 4 is 10.1 Å². The van der Waals surface area contributed by atoms with E-state index in [1.54, 1.807) is 0 Å². The molecule has 4 N–H and O–H groups in total. The predicted molar refractivity (Wildman–Crippen MR) is 87.8 cm³/mol. The van der Waals surface area contributed by atoms with E-state index in [4.69, 9.17) is 4.74 Å². The van der Waals surface area contributed by atoms with Crippen LogP contribution in [0.3, 0.4) is 0 Å². The van der Waals surface area contributed by atoms with Crippen LogP contribution in [0.5, 0.6) is 0 Å². The van der Waals surface area contributed by atoms with E-state index in [1.165, 1.54) is 32.1 Å². The Kier molecular flexibility index (Phi) is 16.2. The van der Waals surface area contributed by atoms with Crippen molar-refractivity contribution in [2.24, 2.45) is 0 Å². The molecule has 0 aliphatic heterocycles. The monoisotopic (exact) mass is 325 g/mol. The molecular weight excluding hydrogens is 290 g/mol. The summed E-state index contributed by atoms with van der Waals surface area (Å²) >= 11 is 0. The van der Waals surface area contributed by atoms with Gasteiger partial charge in [0.1, 0.15) is 0 Å². The molecule has 0 rings (SSSR count). The minimum absolute atomic E-state index is 0. The van der Waals surface area contributed by atoms with E-state index in [9.17, 15) is 13.0 Å². The van der Waals surface area contributed by atoms with E-state index < -0.39 is 10.1 Å². The van der Waals surface area contributed by atoms with E-state index in [1.807, 2.05) is 0 Å². The van der Waals surface area contributed by atoms with Crippen molar-refractivity contribution in [2.75, 3.05) is 12.4 Å². The molecule has 1 unspecified atom stereocenters. The number of hydrogen-bond donors (Lipinski definition) is 1. The maximum absolute atomic E-state index is 10.5. The van der Waals surface area contributed by atoms with Gasteiger partial charge >= 0.3 is 0 Å². The Hall–Kier alpha value is -0.170. The van der Waals surface area contributed by atoms with Crippen LogP contribution in [0.15, 0.2) is 0 Å². The summed E-state index contributed by atoms with van der Waals surface area (Å²) in [5, 5.41) is 0. The van der Waals surface area contributed by atoms with Gasteiger partial charge < -0.3 is 15.4 Å². The topological polar surface area (TPSA) is 103 Å². The lowest BCUT2D eigenvalue weighted by atomic mass is 10.0. The SMILES string of the molecule is CCCCCCCC(CCCCS(=O)(=O)[O-])OCCC.[NH4+]. The molecule has 130 valence electrons. The number of hydrogen-bond acceptors (Lipinski definition) is 4. The summed E-state index contributed by atoms with van der Waals surface area (Å²) in [6.45, 7) is 5.05. The van der Waals surface area contributed by atoms with Crippen molar-refractivity contribution in [1.82, 2.24) is 6.15 Å². The average molecular weight is 326 g/mol. The molecule has 0 aromatic rings. The zero-order valence-corrected chi connectivity index (χ0v) is 14.9. The lowest BCUT2D eigenvalue weighted by Crippen LogP contribution is -2.14. The van der Waals surface area contributed by atoms with Gasteiger partial charge in [0.2, 0.25) is 0 Å². The summed E-state index contributed by atoms with van der Waals surface area (Å²) in [5.74, 6) is -0.246. The number of unbranched alkanes of at least 4 members (excludes halogenated alkanes) is 5. The lowest BCUT2D eigenvalue weighted by molar-refractivity contribution is 0.0389. The van der Waals surface area contributed by atoms with Crippen LogP contribution in [0.2, 0.25) is 0 Å². The Morgan fingerprint density at radius 3 is 2.00 bits per heavy atom. The molecule has 0 fully saturated rings. The molecule has 0 saturated carbocycles. The quantitative estimate of drug-likeness (QED) is 0.381. The van der Waals surface area contributed by atoms with Crippen molar-refractivity contribution in [3.8, 4) is 0 Å². The third kappa shape index (κ3) is 17.8. The highest BCUT2D eigenvalue weighted by Crippen LogP contribution is 2.15. The van der Waals surface area contributed by atoms with Crippen LogP contribution >= 0.6 is 0 Å². The smallest absolute Gasteiger partial charge is 0.0945 e. The molecule has 0 heterocycles. The number of quaternary nitrogens is 1. The van der Waals surface area contributed by atoms with Gasteiger partial charge in [-0.1, -0.05) is 46.0 Å². The minimum atomic E-state index is -4.06. The molecule has 0 aromatic heterocycles. The molecular formula is C15H35NO4S. The second-order valence-corrected chi connectivity index (χ2v) is 6.98. The van der Waals surface area contributed by atoms with Crippen molar-refractivity contribution in [3.05, 3.63) is 0 Å². The zero-order chi connectivity index (χ0) is 15.3. The molecule has 0 bridgehead atoms. The zero-order valence-electron chi connectivity index (χ0n) is 14.1. The Balaban J connectivity index is 0. The van der Waals surface area contributed by atoms with E-state index in [0.717, 1.165) is 32.3 Å². The second kappa shape index (κ2) is 14.8. The fourth-order valence-electron chi connectivity index (χ4n) is 2.22. The third-order valence-corrected chi connectivity index (χ3v) is 4.15. The van der Waals surface area contributed by atoms with Gasteiger partial charge in [-0.05, 0) is 32.1 Å². The molecule has 6 heteroatoms. The van der Waals surface area contributed by atoms with Gasteiger partial charge in [0.15, 0.2) is 0 Å². The number of rotatable bonds is 14. The first kappa shape index (κ1) is 23.1. The Labute approximate surface area is 131 Å². The van der Waals surface area contributed by atoms with Gasteiger partial charge in [0, 0.05) is 12.4 Å². The highest BCUT2D eigenvalue weighted by atomic mass is 32.2. The van der Waals surface area contributed by atoms with Crippen LogP contribution < -0.4 is 6.15 Å². The average Bonchev–Trinajstić information content (AvgIpc) is 2.38. The van der Waals surface area contributed by atoms with Crippen LogP contribution in [0.1, 0.15) is 78.1 Å². The molecule has 5 nitrogen and oxygen atoms in total. The van der Waals surface area contributed by atoms with Crippen LogP contribution in [0.4, 0.5) is 0 Å². The standard InChI is InChI=1S/C15H32O4S.H3N/c1-3-5-6-7-8-11-15(19-13-4-2)12-9-10-14-20(16,17)18;/h15H,3-14H2,1-2H3,(H,16,17,18);1H3. The molecule has 0 aromatic carbocycles. The van der Waals surface area contributed by atoms with Gasteiger partial charge in [-0.25, -0.2) is 8.42 Å². The molecule has 0 amide bonds. The summed E-state index contributed by atoms with van der Waals surface area (Å²) < 4.78 is 37.4. The van der Waals surface area contributed by atoms with Gasteiger partial charge in [0.25, 0.3) is 0 Å². The molecule has 21 heavy (non-hydrogen) atoms.